The minimum atomic E-state index is -1.82. The summed E-state index contributed by atoms with van der Waals surface area (Å²) >= 11 is 0. The van der Waals surface area contributed by atoms with E-state index >= 15 is 0 Å². The predicted octanol–water partition coefficient (Wildman–Crippen LogP) is 1.26. The van der Waals surface area contributed by atoms with Crippen molar-refractivity contribution >= 4 is 17.8 Å². The van der Waals surface area contributed by atoms with Gasteiger partial charge < -0.3 is 25.3 Å². The van der Waals surface area contributed by atoms with Crippen LogP contribution in [0, 0.1) is 6.92 Å². The Balaban J connectivity index is 0.000000450. The summed E-state index contributed by atoms with van der Waals surface area (Å²) in [6.07, 6.45) is 1.49. The molecule has 0 spiro atoms. The maximum atomic E-state index is 11.6. The quantitative estimate of drug-likeness (QED) is 0.457. The molecule has 8 heteroatoms. The SMILES string of the molecule is Cc1ccccc1CNCCNC(=O)c1ccco1.O=C(O)C(=O)O. The van der Waals surface area contributed by atoms with Crippen LogP contribution < -0.4 is 10.6 Å². The van der Waals surface area contributed by atoms with Crippen molar-refractivity contribution < 1.29 is 29.0 Å². The van der Waals surface area contributed by atoms with Crippen molar-refractivity contribution in [3.8, 4) is 0 Å². The zero-order chi connectivity index (χ0) is 18.7. The van der Waals surface area contributed by atoms with Crippen molar-refractivity contribution in [2.45, 2.75) is 13.5 Å². The zero-order valence-electron chi connectivity index (χ0n) is 13.7. The van der Waals surface area contributed by atoms with Gasteiger partial charge in [0.2, 0.25) is 0 Å². The molecule has 0 saturated heterocycles. The molecule has 0 fully saturated rings. The van der Waals surface area contributed by atoms with Crippen LogP contribution in [-0.4, -0.2) is 41.1 Å². The molecule has 2 aromatic rings. The highest BCUT2D eigenvalue weighted by molar-refractivity contribution is 6.27. The molecule has 0 aliphatic rings. The van der Waals surface area contributed by atoms with Gasteiger partial charge in [-0.1, -0.05) is 24.3 Å². The normalized spacial score (nSPS) is 9.64. The van der Waals surface area contributed by atoms with Gasteiger partial charge in [-0.15, -0.1) is 0 Å². The molecule has 0 bridgehead atoms. The van der Waals surface area contributed by atoms with Crippen molar-refractivity contribution in [3.05, 3.63) is 59.5 Å². The molecule has 1 aromatic heterocycles. The van der Waals surface area contributed by atoms with Crippen LogP contribution in [0.3, 0.4) is 0 Å². The Morgan fingerprint density at radius 3 is 2.24 bits per heavy atom. The Labute approximate surface area is 144 Å². The summed E-state index contributed by atoms with van der Waals surface area (Å²) in [6, 6.07) is 11.6. The number of benzene rings is 1. The Bertz CT molecular complexity index is 685. The summed E-state index contributed by atoms with van der Waals surface area (Å²) < 4.78 is 5.00. The molecule has 134 valence electrons. The number of carboxylic acid groups (broad SMARTS) is 2. The highest BCUT2D eigenvalue weighted by atomic mass is 16.4. The minimum Gasteiger partial charge on any atom is -0.473 e. The highest BCUT2D eigenvalue weighted by Crippen LogP contribution is 2.05. The third-order valence-corrected chi connectivity index (χ3v) is 3.09. The number of aliphatic carboxylic acids is 2. The van der Waals surface area contributed by atoms with Gasteiger partial charge in [-0.2, -0.15) is 0 Å². The lowest BCUT2D eigenvalue weighted by Crippen LogP contribution is -2.31. The molecule has 0 unspecified atom stereocenters. The average Bonchev–Trinajstić information content (AvgIpc) is 3.11. The van der Waals surface area contributed by atoms with Gasteiger partial charge in [0.05, 0.1) is 6.26 Å². The van der Waals surface area contributed by atoms with Crippen LogP contribution in [0.2, 0.25) is 0 Å². The maximum Gasteiger partial charge on any atom is 0.414 e. The van der Waals surface area contributed by atoms with Crippen LogP contribution in [0.4, 0.5) is 0 Å². The number of furan rings is 1. The number of hydrogen-bond donors (Lipinski definition) is 4. The topological polar surface area (TPSA) is 129 Å². The number of amides is 1. The third kappa shape index (κ3) is 7.80. The first-order valence-electron chi connectivity index (χ1n) is 7.45. The van der Waals surface area contributed by atoms with E-state index < -0.39 is 11.9 Å². The van der Waals surface area contributed by atoms with Gasteiger partial charge in [-0.25, -0.2) is 9.59 Å². The van der Waals surface area contributed by atoms with Crippen LogP contribution in [0.1, 0.15) is 21.7 Å². The fraction of sp³-hybridized carbons (Fsp3) is 0.235. The van der Waals surface area contributed by atoms with Gasteiger partial charge in [-0.05, 0) is 30.2 Å². The number of carbonyl (C=O) groups excluding carboxylic acids is 1. The van der Waals surface area contributed by atoms with Gasteiger partial charge in [-0.3, -0.25) is 4.79 Å². The first-order chi connectivity index (χ1) is 11.9. The Morgan fingerprint density at radius 2 is 1.68 bits per heavy atom. The van der Waals surface area contributed by atoms with Gasteiger partial charge in [0.25, 0.3) is 5.91 Å². The molecule has 0 aliphatic carbocycles. The number of nitrogens with one attached hydrogen (secondary N) is 2. The lowest BCUT2D eigenvalue weighted by molar-refractivity contribution is -0.159. The van der Waals surface area contributed by atoms with E-state index in [1.165, 1.54) is 17.4 Å². The van der Waals surface area contributed by atoms with Crippen molar-refractivity contribution in [2.24, 2.45) is 0 Å². The van der Waals surface area contributed by atoms with Crippen molar-refractivity contribution in [3.63, 3.8) is 0 Å². The molecule has 25 heavy (non-hydrogen) atoms. The average molecular weight is 348 g/mol. The number of aryl methyl sites for hydroxylation is 1. The fourth-order valence-electron chi connectivity index (χ4n) is 1.79. The summed E-state index contributed by atoms with van der Waals surface area (Å²) in [5.74, 6) is -3.48. The Hall–Kier alpha value is -3.13. The van der Waals surface area contributed by atoms with E-state index in [1.54, 1.807) is 12.1 Å². The van der Waals surface area contributed by atoms with Crippen LogP contribution in [0.5, 0.6) is 0 Å². The number of hydrogen-bond acceptors (Lipinski definition) is 5. The predicted molar refractivity (Wildman–Crippen MR) is 89.2 cm³/mol. The van der Waals surface area contributed by atoms with Gasteiger partial charge in [0.15, 0.2) is 5.76 Å². The van der Waals surface area contributed by atoms with Crippen molar-refractivity contribution in [2.75, 3.05) is 13.1 Å². The van der Waals surface area contributed by atoms with E-state index in [0.717, 1.165) is 13.1 Å². The van der Waals surface area contributed by atoms with E-state index in [9.17, 15) is 4.79 Å². The molecule has 0 aliphatic heterocycles. The van der Waals surface area contributed by atoms with Gasteiger partial charge in [0.1, 0.15) is 0 Å². The molecule has 1 aromatic carbocycles. The number of carbonyl (C=O) groups is 3. The highest BCUT2D eigenvalue weighted by Gasteiger charge is 2.06. The van der Waals surface area contributed by atoms with Gasteiger partial charge >= 0.3 is 11.9 Å². The molecule has 0 saturated carbocycles. The molecule has 1 amide bonds. The smallest absolute Gasteiger partial charge is 0.414 e. The summed E-state index contributed by atoms with van der Waals surface area (Å²) in [4.78, 5) is 29.8. The second kappa shape index (κ2) is 10.6. The number of rotatable bonds is 6. The molecule has 1 heterocycles. The minimum absolute atomic E-state index is 0.178. The van der Waals surface area contributed by atoms with Crippen LogP contribution in [-0.2, 0) is 16.1 Å². The third-order valence-electron chi connectivity index (χ3n) is 3.09. The van der Waals surface area contributed by atoms with Crippen molar-refractivity contribution in [1.29, 1.82) is 0 Å². The van der Waals surface area contributed by atoms with E-state index in [2.05, 4.69) is 29.7 Å². The first-order valence-corrected chi connectivity index (χ1v) is 7.45. The summed E-state index contributed by atoms with van der Waals surface area (Å²) in [7, 11) is 0. The van der Waals surface area contributed by atoms with Gasteiger partial charge in [0, 0.05) is 19.6 Å². The summed E-state index contributed by atoms with van der Waals surface area (Å²) in [6.45, 7) is 4.20. The summed E-state index contributed by atoms with van der Waals surface area (Å²) in [5.41, 5.74) is 2.55. The molecule has 4 N–H and O–H groups in total. The van der Waals surface area contributed by atoms with E-state index in [0.29, 0.717) is 12.3 Å². The Kier molecular flexibility index (Phi) is 8.45. The van der Waals surface area contributed by atoms with Crippen LogP contribution >= 0.6 is 0 Å². The molecule has 2 rings (SSSR count). The number of carboxylic acids is 2. The molecule has 8 nitrogen and oxygen atoms in total. The molecular weight excluding hydrogens is 328 g/mol. The van der Waals surface area contributed by atoms with Crippen LogP contribution in [0.15, 0.2) is 47.1 Å². The summed E-state index contributed by atoms with van der Waals surface area (Å²) in [5, 5.41) is 20.9. The fourth-order valence-corrected chi connectivity index (χ4v) is 1.79. The van der Waals surface area contributed by atoms with Crippen LogP contribution in [0.25, 0.3) is 0 Å². The van der Waals surface area contributed by atoms with E-state index in [4.69, 9.17) is 24.2 Å². The maximum absolute atomic E-state index is 11.6. The lowest BCUT2D eigenvalue weighted by atomic mass is 10.1. The first kappa shape index (κ1) is 19.9. The largest absolute Gasteiger partial charge is 0.473 e. The second-order valence-electron chi connectivity index (χ2n) is 4.95. The second-order valence-corrected chi connectivity index (χ2v) is 4.95. The molecule has 0 atom stereocenters. The monoisotopic (exact) mass is 348 g/mol. The van der Waals surface area contributed by atoms with E-state index in [-0.39, 0.29) is 5.91 Å². The zero-order valence-corrected chi connectivity index (χ0v) is 13.7. The van der Waals surface area contributed by atoms with E-state index in [1.807, 2.05) is 12.1 Å². The van der Waals surface area contributed by atoms with Crippen molar-refractivity contribution in [1.82, 2.24) is 10.6 Å². The Morgan fingerprint density at radius 1 is 1.00 bits per heavy atom. The molecule has 0 radical (unpaired) electrons. The lowest BCUT2D eigenvalue weighted by Gasteiger charge is -2.08. The molecular formula is C17H20N2O6. The standard InChI is InChI=1S/C15H18N2O2.C2H2O4/c1-12-5-2-3-6-13(12)11-16-8-9-17-15(18)14-7-4-10-19-14;3-1(4)2(5)6/h2-7,10,16H,8-9,11H2,1H3,(H,17,18);(H,3,4)(H,5,6).